The van der Waals surface area contributed by atoms with Gasteiger partial charge in [-0.1, -0.05) is 18.6 Å². The summed E-state index contributed by atoms with van der Waals surface area (Å²) in [7, 11) is 3.98. The first kappa shape index (κ1) is 24.5. The summed E-state index contributed by atoms with van der Waals surface area (Å²) in [5.41, 5.74) is 1.72. The fraction of sp³-hybridized carbons (Fsp3) is 0.700. The van der Waals surface area contributed by atoms with E-state index in [2.05, 4.69) is 31.9 Å². The molecule has 3 nitrogen and oxygen atoms in total. The summed E-state index contributed by atoms with van der Waals surface area (Å²) < 4.78 is 41.5. The summed E-state index contributed by atoms with van der Waals surface area (Å²) in [4.78, 5) is 17.2. The van der Waals surface area contributed by atoms with E-state index in [0.717, 1.165) is 55.6 Å². The Morgan fingerprint density at radius 1 is 1.03 bits per heavy atom. The smallest absolute Gasteiger partial charge is 0.256 e. The van der Waals surface area contributed by atoms with Crippen LogP contribution in [0.15, 0.2) is 23.8 Å². The van der Waals surface area contributed by atoms with Crippen LogP contribution in [0.2, 0.25) is 0 Å². The molecule has 0 N–H and O–H groups in total. The molecule has 1 spiro atoms. The van der Waals surface area contributed by atoms with Crippen molar-refractivity contribution in [3.8, 4) is 0 Å². The quantitative estimate of drug-likeness (QED) is 0.345. The number of hydrogen-bond acceptors (Lipinski definition) is 2. The van der Waals surface area contributed by atoms with Crippen LogP contribution in [0.25, 0.3) is 0 Å². The predicted molar refractivity (Wildman–Crippen MR) is 134 cm³/mol. The monoisotopic (exact) mass is 500 g/mol. The van der Waals surface area contributed by atoms with Crippen molar-refractivity contribution in [2.45, 2.75) is 77.3 Å². The number of carbonyl (C=O) groups excluding carboxylic acids is 1. The van der Waals surface area contributed by atoms with Crippen LogP contribution < -0.4 is 0 Å². The van der Waals surface area contributed by atoms with Gasteiger partial charge in [0.15, 0.2) is 17.5 Å². The topological polar surface area (TPSA) is 23.6 Å². The highest BCUT2D eigenvalue weighted by Crippen LogP contribution is 2.68. The van der Waals surface area contributed by atoms with Gasteiger partial charge in [0.05, 0.1) is 5.56 Å². The van der Waals surface area contributed by atoms with Crippen LogP contribution in [-0.2, 0) is 0 Å². The SMILES string of the molecule is CC1C2CCC3C4CC=C5CC(N(C)C(=O)c6ccc(F)c(F)c6F)CCC5(C)C4CCC32CN1C. The third-order valence-corrected chi connectivity index (χ3v) is 11.8. The first-order valence-electron chi connectivity index (χ1n) is 13.9. The van der Waals surface area contributed by atoms with Crippen molar-refractivity contribution in [2.75, 3.05) is 20.6 Å². The molecular formula is C30H39F3N2O. The number of allylic oxidation sites excluding steroid dienone is 1. The molecule has 1 saturated heterocycles. The summed E-state index contributed by atoms with van der Waals surface area (Å²) in [6.45, 7) is 6.14. The first-order valence-corrected chi connectivity index (χ1v) is 13.9. The maximum atomic E-state index is 14.3. The van der Waals surface area contributed by atoms with Gasteiger partial charge in [-0.2, -0.15) is 0 Å². The zero-order chi connectivity index (χ0) is 25.6. The van der Waals surface area contributed by atoms with Gasteiger partial charge in [0.2, 0.25) is 0 Å². The van der Waals surface area contributed by atoms with Crippen LogP contribution in [0.5, 0.6) is 0 Å². The van der Waals surface area contributed by atoms with Gasteiger partial charge in [0, 0.05) is 25.7 Å². The number of amides is 1. The summed E-state index contributed by atoms with van der Waals surface area (Å²) in [5, 5.41) is 0. The molecule has 0 radical (unpaired) electrons. The Hall–Kier alpha value is -1.82. The highest BCUT2D eigenvalue weighted by atomic mass is 19.2. The Balaban J connectivity index is 1.22. The van der Waals surface area contributed by atoms with Gasteiger partial charge < -0.3 is 9.80 Å². The largest absolute Gasteiger partial charge is 0.338 e. The normalized spacial score (nSPS) is 41.7. The predicted octanol–water partition coefficient (Wildman–Crippen LogP) is 6.44. The number of carbonyl (C=O) groups is 1. The van der Waals surface area contributed by atoms with Crippen LogP contribution in [0.4, 0.5) is 13.2 Å². The van der Waals surface area contributed by atoms with Crippen molar-refractivity contribution in [3.05, 3.63) is 46.8 Å². The molecule has 36 heavy (non-hydrogen) atoms. The number of fused-ring (bicyclic) bond motifs is 4. The van der Waals surface area contributed by atoms with Gasteiger partial charge in [0.1, 0.15) is 0 Å². The molecule has 1 heterocycles. The molecular weight excluding hydrogens is 461 g/mol. The van der Waals surface area contributed by atoms with E-state index >= 15 is 0 Å². The summed E-state index contributed by atoms with van der Waals surface area (Å²) in [6.07, 6.45) is 11.7. The second kappa shape index (κ2) is 8.34. The van der Waals surface area contributed by atoms with Crippen molar-refractivity contribution in [2.24, 2.45) is 34.5 Å². The Morgan fingerprint density at radius 3 is 2.56 bits per heavy atom. The second-order valence-corrected chi connectivity index (χ2v) is 12.9. The molecule has 6 rings (SSSR count). The number of benzene rings is 1. The molecule has 196 valence electrons. The van der Waals surface area contributed by atoms with Crippen molar-refractivity contribution in [1.82, 2.24) is 9.80 Å². The number of hydrogen-bond donors (Lipinski definition) is 0. The van der Waals surface area contributed by atoms with Gasteiger partial charge in [-0.25, -0.2) is 13.2 Å². The standard InChI is InChI=1S/C30H39F3N2O/c1-17-22-8-9-24-20-6-5-18-15-19(35(4)28(36)21-7-10-25(31)27(33)26(21)32)11-13-29(18,2)23(20)12-14-30(22,24)16-34(17)3/h5,7,10,17,19-20,22-24H,6,8-9,11-16H2,1-4H3. The summed E-state index contributed by atoms with van der Waals surface area (Å²) in [6, 6.07) is 2.52. The highest BCUT2D eigenvalue weighted by Gasteiger charge is 2.64. The molecule has 1 aliphatic heterocycles. The average Bonchev–Trinajstić information content (AvgIpc) is 3.34. The molecule has 0 bridgehead atoms. The maximum Gasteiger partial charge on any atom is 0.256 e. The Morgan fingerprint density at radius 2 is 1.78 bits per heavy atom. The van der Waals surface area contributed by atoms with Gasteiger partial charge in [-0.3, -0.25) is 4.79 Å². The van der Waals surface area contributed by atoms with E-state index in [1.54, 1.807) is 11.9 Å². The van der Waals surface area contributed by atoms with E-state index < -0.39 is 28.9 Å². The third-order valence-electron chi connectivity index (χ3n) is 11.8. The molecule has 0 aromatic heterocycles. The number of likely N-dealkylation sites (tertiary alicyclic amines) is 1. The van der Waals surface area contributed by atoms with Crippen LogP contribution in [0.1, 0.15) is 75.6 Å². The Bertz CT molecular complexity index is 1120. The lowest BCUT2D eigenvalue weighted by Gasteiger charge is -2.58. The van der Waals surface area contributed by atoms with Crippen LogP contribution in [-0.4, -0.2) is 48.4 Å². The Kier molecular flexibility index (Phi) is 5.68. The fourth-order valence-corrected chi connectivity index (χ4v) is 9.82. The lowest BCUT2D eigenvalue weighted by molar-refractivity contribution is -0.0430. The van der Waals surface area contributed by atoms with E-state index in [1.165, 1.54) is 37.8 Å². The number of nitrogens with zero attached hydrogens (tertiary/aromatic N) is 2. The van der Waals surface area contributed by atoms with Gasteiger partial charge >= 0.3 is 0 Å². The van der Waals surface area contributed by atoms with Crippen molar-refractivity contribution in [1.29, 1.82) is 0 Å². The van der Waals surface area contributed by atoms with Gasteiger partial charge in [-0.15, -0.1) is 0 Å². The highest BCUT2D eigenvalue weighted by molar-refractivity contribution is 5.94. The van der Waals surface area contributed by atoms with E-state index in [4.69, 9.17) is 0 Å². The summed E-state index contributed by atoms with van der Waals surface area (Å²) >= 11 is 0. The minimum atomic E-state index is -1.58. The first-order chi connectivity index (χ1) is 17.1. The molecule has 4 fully saturated rings. The molecule has 1 aromatic carbocycles. The molecule has 4 aliphatic carbocycles. The van der Waals surface area contributed by atoms with Crippen molar-refractivity contribution in [3.63, 3.8) is 0 Å². The van der Waals surface area contributed by atoms with E-state index in [0.29, 0.717) is 17.4 Å². The minimum absolute atomic E-state index is 0.0592. The lowest BCUT2D eigenvalue weighted by atomic mass is 9.47. The fourth-order valence-electron chi connectivity index (χ4n) is 9.82. The van der Waals surface area contributed by atoms with E-state index in [1.807, 2.05) is 0 Å². The van der Waals surface area contributed by atoms with Crippen LogP contribution >= 0.6 is 0 Å². The van der Waals surface area contributed by atoms with Crippen LogP contribution in [0.3, 0.4) is 0 Å². The molecule has 8 atom stereocenters. The van der Waals surface area contributed by atoms with E-state index in [-0.39, 0.29) is 11.5 Å². The number of rotatable bonds is 2. The molecule has 3 saturated carbocycles. The average molecular weight is 501 g/mol. The minimum Gasteiger partial charge on any atom is -0.338 e. The summed E-state index contributed by atoms with van der Waals surface area (Å²) in [5.74, 6) is -1.72. The number of halogens is 3. The molecule has 8 unspecified atom stereocenters. The zero-order valence-corrected chi connectivity index (χ0v) is 22.0. The van der Waals surface area contributed by atoms with E-state index in [9.17, 15) is 18.0 Å². The third kappa shape index (κ3) is 3.25. The van der Waals surface area contributed by atoms with Gasteiger partial charge in [0.25, 0.3) is 5.91 Å². The maximum absolute atomic E-state index is 14.3. The second-order valence-electron chi connectivity index (χ2n) is 12.9. The Labute approximate surface area is 213 Å². The van der Waals surface area contributed by atoms with Crippen molar-refractivity contribution >= 4 is 5.91 Å². The molecule has 6 heteroatoms. The van der Waals surface area contributed by atoms with Crippen molar-refractivity contribution < 1.29 is 18.0 Å². The zero-order valence-electron chi connectivity index (χ0n) is 22.0. The molecule has 5 aliphatic rings. The van der Waals surface area contributed by atoms with Gasteiger partial charge in [-0.05, 0) is 112 Å². The van der Waals surface area contributed by atoms with Crippen LogP contribution in [0, 0.1) is 52.0 Å². The molecule has 1 aromatic rings. The lowest BCUT2D eigenvalue weighted by Crippen LogP contribution is -2.53. The molecule has 1 amide bonds.